The number of sulfone groups is 1. The first-order chi connectivity index (χ1) is 6.64. The highest BCUT2D eigenvalue weighted by molar-refractivity contribution is 7.91. The van der Waals surface area contributed by atoms with Gasteiger partial charge >= 0.3 is 0 Å². The highest BCUT2D eigenvalue weighted by Crippen LogP contribution is 2.02. The van der Waals surface area contributed by atoms with Gasteiger partial charge in [-0.25, -0.2) is 8.42 Å². The monoisotopic (exact) mass is 223 g/mol. The van der Waals surface area contributed by atoms with Crippen LogP contribution in [0.5, 0.6) is 0 Å². The van der Waals surface area contributed by atoms with Crippen LogP contribution in [-0.4, -0.2) is 58.2 Å². The first kappa shape index (κ1) is 13.9. The van der Waals surface area contributed by atoms with Crippen molar-refractivity contribution in [3.05, 3.63) is 0 Å². The summed E-state index contributed by atoms with van der Waals surface area (Å²) in [5, 5.41) is 0. The van der Waals surface area contributed by atoms with Crippen molar-refractivity contribution in [1.82, 2.24) is 4.90 Å². The summed E-state index contributed by atoms with van der Waals surface area (Å²) in [7, 11) is -1.07. The molecule has 1 aliphatic heterocycles. The van der Waals surface area contributed by atoms with Gasteiger partial charge in [0.05, 0.1) is 18.1 Å². The van der Waals surface area contributed by atoms with Crippen molar-refractivity contribution < 1.29 is 13.2 Å². The summed E-state index contributed by atoms with van der Waals surface area (Å²) in [6.07, 6.45) is 0. The molecule has 0 aromatic carbocycles. The predicted octanol–water partition coefficient (Wildman–Crippen LogP) is 0.389. The van der Waals surface area contributed by atoms with Crippen LogP contribution >= 0.6 is 0 Å². The molecule has 1 rings (SSSR count). The second-order valence-corrected chi connectivity index (χ2v) is 5.29. The average molecular weight is 223 g/mol. The van der Waals surface area contributed by atoms with Gasteiger partial charge in [-0.15, -0.1) is 0 Å². The van der Waals surface area contributed by atoms with E-state index >= 15 is 0 Å². The molecular weight excluding hydrogens is 202 g/mol. The SMILES string of the molecule is CC.COCCN1CCS(=O)(=O)CC1. The fourth-order valence-corrected chi connectivity index (χ4v) is 2.47. The Balaban J connectivity index is 0.000000791. The van der Waals surface area contributed by atoms with E-state index < -0.39 is 9.84 Å². The van der Waals surface area contributed by atoms with Crippen LogP contribution < -0.4 is 0 Å². The maximum Gasteiger partial charge on any atom is 0.152 e. The Kier molecular flexibility index (Phi) is 7.13. The molecule has 1 aliphatic rings. The summed E-state index contributed by atoms with van der Waals surface area (Å²) < 4.78 is 26.9. The lowest BCUT2D eigenvalue weighted by molar-refractivity contribution is 0.153. The highest BCUT2D eigenvalue weighted by atomic mass is 32.2. The Hall–Kier alpha value is -0.130. The van der Waals surface area contributed by atoms with Crippen LogP contribution in [0, 0.1) is 0 Å². The summed E-state index contributed by atoms with van der Waals surface area (Å²) >= 11 is 0. The van der Waals surface area contributed by atoms with Gasteiger partial charge in [-0.1, -0.05) is 13.8 Å². The Labute approximate surface area is 87.2 Å². The van der Waals surface area contributed by atoms with E-state index in [9.17, 15) is 8.42 Å². The van der Waals surface area contributed by atoms with Gasteiger partial charge in [0.1, 0.15) is 0 Å². The largest absolute Gasteiger partial charge is 0.383 e. The minimum absolute atomic E-state index is 0.302. The van der Waals surface area contributed by atoms with Crippen molar-refractivity contribution in [3.63, 3.8) is 0 Å². The molecule has 0 atom stereocenters. The van der Waals surface area contributed by atoms with Crippen molar-refractivity contribution >= 4 is 9.84 Å². The van der Waals surface area contributed by atoms with E-state index in [1.807, 2.05) is 13.8 Å². The number of ether oxygens (including phenoxy) is 1. The van der Waals surface area contributed by atoms with Gasteiger partial charge < -0.3 is 4.74 Å². The van der Waals surface area contributed by atoms with Crippen LogP contribution in [0.25, 0.3) is 0 Å². The Morgan fingerprint density at radius 1 is 1.21 bits per heavy atom. The minimum atomic E-state index is -2.72. The van der Waals surface area contributed by atoms with Crippen LogP contribution in [0.15, 0.2) is 0 Å². The quantitative estimate of drug-likeness (QED) is 0.694. The molecule has 0 aromatic heterocycles. The Morgan fingerprint density at radius 2 is 1.71 bits per heavy atom. The summed E-state index contributed by atoms with van der Waals surface area (Å²) in [5.41, 5.74) is 0. The van der Waals surface area contributed by atoms with Gasteiger partial charge in [0.2, 0.25) is 0 Å². The van der Waals surface area contributed by atoms with Crippen LogP contribution in [0.3, 0.4) is 0 Å². The van der Waals surface area contributed by atoms with Crippen molar-refractivity contribution in [2.45, 2.75) is 13.8 Å². The van der Waals surface area contributed by atoms with Crippen LogP contribution in [0.4, 0.5) is 0 Å². The molecule has 0 amide bonds. The molecular formula is C9H21NO3S. The van der Waals surface area contributed by atoms with Crippen LogP contribution in [0.1, 0.15) is 13.8 Å². The summed E-state index contributed by atoms with van der Waals surface area (Å²) in [4.78, 5) is 2.12. The van der Waals surface area contributed by atoms with Gasteiger partial charge in [0.15, 0.2) is 9.84 Å². The summed E-state index contributed by atoms with van der Waals surface area (Å²) in [6, 6.07) is 0. The fraction of sp³-hybridized carbons (Fsp3) is 1.00. The molecule has 0 saturated carbocycles. The average Bonchev–Trinajstić information content (AvgIpc) is 2.19. The lowest BCUT2D eigenvalue weighted by atomic mass is 10.5. The summed E-state index contributed by atoms with van der Waals surface area (Å²) in [5.74, 6) is 0.605. The van der Waals surface area contributed by atoms with Crippen LogP contribution in [0.2, 0.25) is 0 Å². The molecule has 0 aromatic rings. The molecule has 4 nitrogen and oxygen atoms in total. The standard InChI is InChI=1S/C7H15NO3S.C2H6/c1-11-5-2-8-3-6-12(9,10)7-4-8;1-2/h2-7H2,1H3;1-2H3. The second kappa shape index (κ2) is 7.20. The third-order valence-electron chi connectivity index (χ3n) is 2.05. The van der Waals surface area contributed by atoms with Crippen molar-refractivity contribution in [2.75, 3.05) is 44.9 Å². The molecule has 14 heavy (non-hydrogen) atoms. The molecule has 1 heterocycles. The van der Waals surface area contributed by atoms with Gasteiger partial charge in [-0.2, -0.15) is 0 Å². The number of rotatable bonds is 3. The van der Waals surface area contributed by atoms with Gasteiger partial charge in [0.25, 0.3) is 0 Å². The smallest absolute Gasteiger partial charge is 0.152 e. The van der Waals surface area contributed by atoms with Crippen molar-refractivity contribution in [2.24, 2.45) is 0 Å². The van der Waals surface area contributed by atoms with Crippen molar-refractivity contribution in [1.29, 1.82) is 0 Å². The Bertz CT molecular complexity index is 212. The number of hydrogen-bond donors (Lipinski definition) is 0. The van der Waals surface area contributed by atoms with Gasteiger partial charge in [0, 0.05) is 26.7 Å². The molecule has 1 fully saturated rings. The molecule has 0 radical (unpaired) electrons. The maximum atomic E-state index is 11.0. The predicted molar refractivity (Wildman–Crippen MR) is 58.3 cm³/mol. The lowest BCUT2D eigenvalue weighted by Crippen LogP contribution is -2.41. The van der Waals surface area contributed by atoms with Crippen molar-refractivity contribution in [3.8, 4) is 0 Å². The lowest BCUT2D eigenvalue weighted by Gasteiger charge is -2.25. The molecule has 0 aliphatic carbocycles. The second-order valence-electron chi connectivity index (χ2n) is 2.99. The van der Waals surface area contributed by atoms with Crippen LogP contribution in [-0.2, 0) is 14.6 Å². The molecule has 5 heteroatoms. The third kappa shape index (κ3) is 5.57. The van der Waals surface area contributed by atoms with E-state index in [0.717, 1.165) is 6.54 Å². The molecule has 0 bridgehead atoms. The maximum absolute atomic E-state index is 11.0. The zero-order valence-corrected chi connectivity index (χ0v) is 10.1. The third-order valence-corrected chi connectivity index (χ3v) is 3.66. The fourth-order valence-electron chi connectivity index (χ4n) is 1.19. The van der Waals surface area contributed by atoms with E-state index in [2.05, 4.69) is 4.90 Å². The Morgan fingerprint density at radius 3 is 2.14 bits per heavy atom. The summed E-state index contributed by atoms with van der Waals surface area (Å²) in [6.45, 7) is 6.84. The van der Waals surface area contributed by atoms with Gasteiger partial charge in [-0.05, 0) is 0 Å². The van der Waals surface area contributed by atoms with E-state index in [0.29, 0.717) is 31.2 Å². The zero-order chi connectivity index (χ0) is 11.0. The number of hydrogen-bond acceptors (Lipinski definition) is 4. The van der Waals surface area contributed by atoms with E-state index in [1.165, 1.54) is 0 Å². The normalized spacial score (nSPS) is 21.1. The molecule has 0 N–H and O–H groups in total. The van der Waals surface area contributed by atoms with E-state index in [4.69, 9.17) is 4.74 Å². The van der Waals surface area contributed by atoms with E-state index in [1.54, 1.807) is 7.11 Å². The number of methoxy groups -OCH3 is 1. The molecule has 0 spiro atoms. The zero-order valence-electron chi connectivity index (χ0n) is 9.32. The molecule has 0 unspecified atom stereocenters. The first-order valence-corrected chi connectivity index (χ1v) is 6.88. The minimum Gasteiger partial charge on any atom is -0.383 e. The van der Waals surface area contributed by atoms with Gasteiger partial charge in [-0.3, -0.25) is 4.90 Å². The highest BCUT2D eigenvalue weighted by Gasteiger charge is 2.20. The first-order valence-electron chi connectivity index (χ1n) is 5.06. The number of nitrogens with zero attached hydrogens (tertiary/aromatic N) is 1. The van der Waals surface area contributed by atoms with E-state index in [-0.39, 0.29) is 0 Å². The molecule has 1 saturated heterocycles. The topological polar surface area (TPSA) is 46.6 Å². The molecule has 86 valence electrons.